The van der Waals surface area contributed by atoms with E-state index in [1.54, 1.807) is 7.11 Å². The van der Waals surface area contributed by atoms with Crippen molar-refractivity contribution in [1.82, 2.24) is 14.8 Å². The standard InChI is InChI=1S/C46H58N4O8/c1-8-28-21-29-24-45(41(52)56-6,37-31(15-19-49(25-28)26-29)30-13-10-11-14-34(30)47-37)33-22-32-35(23-36(33)55-5)48(4)39-44(32)17-20-50-18-12-16-43(9-2,38(44)50)40(58-27(3)51)46(39,54)42(53)57-7/h10-14,16,22-23,28-29,38-40,47,54H,8-9,15,17-21,24-26H2,1-7H3/t28?,29?,38?,39-,40-,43-,44-,45+,46?/m1/s1. The number of nitrogens with zero attached hydrogens (tertiary/aromatic N) is 3. The molecule has 2 N–H and O–H groups in total. The van der Waals surface area contributed by atoms with Crippen molar-refractivity contribution in [2.24, 2.45) is 17.3 Å². The average Bonchev–Trinajstić information content (AvgIpc) is 3.89. The van der Waals surface area contributed by atoms with Gasteiger partial charge in [-0.3, -0.25) is 14.5 Å². The zero-order valence-corrected chi connectivity index (χ0v) is 34.9. The Hall–Kier alpha value is -4.39. The fourth-order valence-electron chi connectivity index (χ4n) is 13.5. The zero-order chi connectivity index (χ0) is 40.9. The summed E-state index contributed by atoms with van der Waals surface area (Å²) in [6.45, 7) is 9.79. The molecule has 1 saturated carbocycles. The van der Waals surface area contributed by atoms with Crippen molar-refractivity contribution in [1.29, 1.82) is 0 Å². The van der Waals surface area contributed by atoms with Gasteiger partial charge in [-0.2, -0.15) is 0 Å². The Kier molecular flexibility index (Phi) is 9.33. The molecular formula is C46H58N4O8. The summed E-state index contributed by atoms with van der Waals surface area (Å²) >= 11 is 0. The van der Waals surface area contributed by atoms with Crippen LogP contribution in [0.2, 0.25) is 0 Å². The smallest absolute Gasteiger partial charge is 0.344 e. The minimum Gasteiger partial charge on any atom is -0.496 e. The largest absolute Gasteiger partial charge is 0.496 e. The van der Waals surface area contributed by atoms with Gasteiger partial charge in [0.25, 0.3) is 0 Å². The number of benzene rings is 2. The molecule has 1 spiro atoms. The summed E-state index contributed by atoms with van der Waals surface area (Å²) in [7, 11) is 6.28. The first-order valence-corrected chi connectivity index (χ1v) is 21.2. The topological polar surface area (TPSA) is 134 Å². The predicted molar refractivity (Wildman–Crippen MR) is 219 cm³/mol. The van der Waals surface area contributed by atoms with Crippen LogP contribution in [-0.2, 0) is 45.8 Å². The van der Waals surface area contributed by atoms with Gasteiger partial charge in [0.05, 0.1) is 27.4 Å². The van der Waals surface area contributed by atoms with E-state index in [0.29, 0.717) is 49.6 Å². The Morgan fingerprint density at radius 2 is 1.76 bits per heavy atom. The second kappa shape index (κ2) is 13.8. The fraction of sp³-hybridized carbons (Fsp3) is 0.587. The molecule has 6 heterocycles. The molecule has 1 aromatic heterocycles. The number of methoxy groups -OCH3 is 3. The predicted octanol–water partition coefficient (Wildman–Crippen LogP) is 4.88. The van der Waals surface area contributed by atoms with Crippen molar-refractivity contribution in [3.63, 3.8) is 0 Å². The van der Waals surface area contributed by atoms with E-state index in [2.05, 4.69) is 58.1 Å². The van der Waals surface area contributed by atoms with Gasteiger partial charge < -0.3 is 38.8 Å². The van der Waals surface area contributed by atoms with E-state index < -0.39 is 45.9 Å². The van der Waals surface area contributed by atoms with Crippen LogP contribution in [0.3, 0.4) is 0 Å². The molecule has 2 aromatic carbocycles. The maximum absolute atomic E-state index is 15.3. The number of anilines is 1. The number of aromatic nitrogens is 1. The van der Waals surface area contributed by atoms with Crippen molar-refractivity contribution < 1.29 is 38.4 Å². The lowest BCUT2D eigenvalue weighted by Crippen LogP contribution is -2.81. The second-order valence-corrected chi connectivity index (χ2v) is 18.0. The van der Waals surface area contributed by atoms with Gasteiger partial charge in [0.15, 0.2) is 6.10 Å². The van der Waals surface area contributed by atoms with Crippen LogP contribution in [0.1, 0.15) is 75.3 Å². The number of carbonyl (C=O) groups is 3. The third-order valence-corrected chi connectivity index (χ3v) is 15.5. The summed E-state index contributed by atoms with van der Waals surface area (Å²) < 4.78 is 24.0. The SMILES string of the molecule is CCC1CC2CN(CCc3c([nH]c4ccccc34)[C@@](C(=O)OC)(c3cc4c(cc3OC)N(C)[C@H]3C(O)(C(=O)OC)[C@H](OC(C)=O)[C@]5(CC)C=CCN6CC[C@]43C65)C2)C1. The Morgan fingerprint density at radius 3 is 2.47 bits per heavy atom. The summed E-state index contributed by atoms with van der Waals surface area (Å²) in [5.41, 5.74) is -0.0554. The highest BCUT2D eigenvalue weighted by molar-refractivity contribution is 5.95. The normalized spacial score (nSPS) is 36.1. The van der Waals surface area contributed by atoms with E-state index >= 15 is 4.79 Å². The van der Waals surface area contributed by atoms with Crippen LogP contribution >= 0.6 is 0 Å². The van der Waals surface area contributed by atoms with Crippen LogP contribution in [0.5, 0.6) is 5.75 Å². The number of ether oxygens (including phenoxy) is 4. The van der Waals surface area contributed by atoms with Crippen molar-refractivity contribution in [2.75, 3.05) is 66.0 Å². The van der Waals surface area contributed by atoms with E-state index in [0.717, 1.165) is 72.3 Å². The van der Waals surface area contributed by atoms with Crippen LogP contribution < -0.4 is 9.64 Å². The molecule has 9 rings (SSSR count). The molecule has 6 aliphatic rings. The molecule has 0 radical (unpaired) electrons. The number of rotatable bonds is 7. The Balaban J connectivity index is 1.36. The van der Waals surface area contributed by atoms with Gasteiger partial charge in [0.1, 0.15) is 11.2 Å². The molecule has 1 aliphatic carbocycles. The number of aliphatic hydroxyl groups is 1. The summed E-state index contributed by atoms with van der Waals surface area (Å²) in [6, 6.07) is 11.3. The molecule has 10 atom stereocenters. The minimum absolute atomic E-state index is 0.184. The molecule has 3 fully saturated rings. The lowest BCUT2D eigenvalue weighted by Gasteiger charge is -2.63. The molecule has 5 unspecified atom stereocenters. The van der Waals surface area contributed by atoms with Crippen molar-refractivity contribution in [3.05, 3.63) is 70.9 Å². The Morgan fingerprint density at radius 1 is 0.983 bits per heavy atom. The van der Waals surface area contributed by atoms with E-state index in [4.69, 9.17) is 18.9 Å². The molecule has 0 amide bonds. The van der Waals surface area contributed by atoms with Crippen molar-refractivity contribution in [2.45, 2.75) is 93.9 Å². The number of hydrogen-bond acceptors (Lipinski definition) is 11. The summed E-state index contributed by atoms with van der Waals surface area (Å²) in [4.78, 5) is 53.5. The van der Waals surface area contributed by atoms with E-state index in [9.17, 15) is 14.7 Å². The maximum Gasteiger partial charge on any atom is 0.344 e. The van der Waals surface area contributed by atoms with Crippen LogP contribution in [-0.4, -0.2) is 123 Å². The number of nitrogens with one attached hydrogen (secondary N) is 1. The van der Waals surface area contributed by atoms with Crippen LogP contribution in [0.4, 0.5) is 5.69 Å². The Bertz CT molecular complexity index is 2200. The van der Waals surface area contributed by atoms with Gasteiger partial charge >= 0.3 is 17.9 Å². The van der Waals surface area contributed by atoms with Crippen LogP contribution in [0.15, 0.2) is 48.6 Å². The number of para-hydroxylation sites is 1. The third kappa shape index (κ3) is 5.00. The molecule has 310 valence electrons. The number of hydrogen-bond donors (Lipinski definition) is 2. The van der Waals surface area contributed by atoms with Crippen LogP contribution in [0.25, 0.3) is 10.9 Å². The fourth-order valence-corrected chi connectivity index (χ4v) is 13.5. The first kappa shape index (κ1) is 39.1. The third-order valence-electron chi connectivity index (χ3n) is 15.5. The van der Waals surface area contributed by atoms with Gasteiger partial charge in [-0.25, -0.2) is 4.79 Å². The number of carbonyl (C=O) groups excluding carboxylic acids is 3. The number of piperidine rings is 1. The highest BCUT2D eigenvalue weighted by atomic mass is 16.6. The van der Waals surface area contributed by atoms with Crippen molar-refractivity contribution in [3.8, 4) is 5.75 Å². The van der Waals surface area contributed by atoms with Crippen LogP contribution in [0, 0.1) is 17.3 Å². The number of aromatic amines is 1. The summed E-state index contributed by atoms with van der Waals surface area (Å²) in [6.07, 6.45) is 7.33. The lowest BCUT2D eigenvalue weighted by molar-refractivity contribution is -0.228. The highest BCUT2D eigenvalue weighted by Gasteiger charge is 2.80. The lowest BCUT2D eigenvalue weighted by atomic mass is 9.47. The maximum atomic E-state index is 15.3. The number of fused-ring (bicyclic) bond motifs is 6. The monoisotopic (exact) mass is 794 g/mol. The molecular weight excluding hydrogens is 737 g/mol. The van der Waals surface area contributed by atoms with E-state index in [1.165, 1.54) is 21.1 Å². The van der Waals surface area contributed by atoms with Gasteiger partial charge in [-0.15, -0.1) is 0 Å². The summed E-state index contributed by atoms with van der Waals surface area (Å²) in [5.74, 6) is -0.578. The van der Waals surface area contributed by atoms with Gasteiger partial charge in [-0.1, -0.05) is 50.6 Å². The second-order valence-electron chi connectivity index (χ2n) is 18.0. The molecule has 12 nitrogen and oxygen atoms in total. The van der Waals surface area contributed by atoms with Gasteiger partial charge in [0, 0.05) is 90.9 Å². The highest BCUT2D eigenvalue weighted by Crippen LogP contribution is 2.68. The first-order chi connectivity index (χ1) is 27.9. The minimum atomic E-state index is -2.27. The summed E-state index contributed by atoms with van der Waals surface area (Å²) in [5, 5.41) is 14.4. The number of H-pyrrole nitrogens is 1. The first-order valence-electron chi connectivity index (χ1n) is 21.2. The van der Waals surface area contributed by atoms with Crippen molar-refractivity contribution >= 4 is 34.5 Å². The quantitative estimate of drug-likeness (QED) is 0.193. The molecule has 58 heavy (non-hydrogen) atoms. The molecule has 5 aliphatic heterocycles. The molecule has 2 saturated heterocycles. The zero-order valence-electron chi connectivity index (χ0n) is 34.9. The van der Waals surface area contributed by atoms with Gasteiger partial charge in [-0.05, 0) is 73.7 Å². The molecule has 2 bridgehead atoms. The number of esters is 3. The number of likely N-dealkylation sites (N-methyl/N-ethyl adjacent to an activating group) is 1. The van der Waals surface area contributed by atoms with E-state index in [-0.39, 0.29) is 17.9 Å². The molecule has 12 heteroatoms. The molecule has 3 aromatic rings. The Labute approximate surface area is 340 Å². The van der Waals surface area contributed by atoms with E-state index in [1.807, 2.05) is 31.0 Å². The average molecular weight is 795 g/mol. The van der Waals surface area contributed by atoms with Gasteiger partial charge in [0.2, 0.25) is 5.60 Å².